The molecule has 8 heteroatoms. The van der Waals surface area contributed by atoms with E-state index in [0.29, 0.717) is 17.9 Å². The Morgan fingerprint density at radius 3 is 2.52 bits per heavy atom. The first-order valence-corrected chi connectivity index (χ1v) is 10.1. The number of hydrogen-bond acceptors (Lipinski definition) is 5. The van der Waals surface area contributed by atoms with E-state index in [4.69, 9.17) is 14.2 Å². The summed E-state index contributed by atoms with van der Waals surface area (Å²) in [5, 5.41) is 0. The molecule has 1 amide bonds. The van der Waals surface area contributed by atoms with Gasteiger partial charge in [-0.15, -0.1) is 0 Å². The van der Waals surface area contributed by atoms with Crippen molar-refractivity contribution in [3.8, 4) is 0 Å². The van der Waals surface area contributed by atoms with Crippen molar-refractivity contribution in [1.82, 2.24) is 0 Å². The monoisotopic (exact) mass is 491 g/mol. The van der Waals surface area contributed by atoms with Crippen LogP contribution in [0.3, 0.4) is 0 Å². The molecule has 0 atom stereocenters. The van der Waals surface area contributed by atoms with Gasteiger partial charge in [0.1, 0.15) is 31.8 Å². The van der Waals surface area contributed by atoms with Crippen molar-refractivity contribution in [1.29, 1.82) is 0 Å². The van der Waals surface area contributed by atoms with Crippen molar-refractivity contribution >= 4 is 40.3 Å². The molecule has 0 aliphatic carbocycles. The third-order valence-electron chi connectivity index (χ3n) is 4.10. The fourth-order valence-corrected chi connectivity index (χ4v) is 3.49. The smallest absolute Gasteiger partial charge is 0.414 e. The molecule has 0 spiro atoms. The lowest BCUT2D eigenvalue weighted by Gasteiger charge is -2.25. The molecule has 0 bridgehead atoms. The number of amides is 1. The van der Waals surface area contributed by atoms with E-state index in [1.54, 1.807) is 25.2 Å². The molecule has 1 saturated heterocycles. The number of anilines is 1. The first-order chi connectivity index (χ1) is 12.7. The van der Waals surface area contributed by atoms with Crippen molar-refractivity contribution in [3.63, 3.8) is 0 Å². The van der Waals surface area contributed by atoms with Gasteiger partial charge in [-0.05, 0) is 61.6 Å². The lowest BCUT2D eigenvalue weighted by molar-refractivity contribution is -0.908. The Balaban J connectivity index is 1.92. The number of nitrogens with zero attached hydrogens (tertiary/aromatic N) is 1. The molecule has 1 fully saturated rings. The highest BCUT2D eigenvalue weighted by Gasteiger charge is 2.22. The highest BCUT2D eigenvalue weighted by Crippen LogP contribution is 2.25. The molecule has 0 saturated carbocycles. The minimum Gasteiger partial charge on any atom is -0.456 e. The lowest BCUT2D eigenvalue weighted by Crippen LogP contribution is -3.14. The molecular weight excluding hydrogens is 463 g/mol. The zero-order valence-electron chi connectivity index (χ0n) is 16.3. The molecular formula is C19H28IN2O5+. The van der Waals surface area contributed by atoms with Crippen molar-refractivity contribution in [3.05, 3.63) is 27.3 Å². The van der Waals surface area contributed by atoms with E-state index >= 15 is 0 Å². The second-order valence-corrected chi connectivity index (χ2v) is 8.62. The number of morpholine rings is 1. The van der Waals surface area contributed by atoms with Gasteiger partial charge in [0.15, 0.2) is 0 Å². The average molecular weight is 491 g/mol. The predicted molar refractivity (Wildman–Crippen MR) is 110 cm³/mol. The Morgan fingerprint density at radius 1 is 1.26 bits per heavy atom. The topological polar surface area (TPSA) is 69.5 Å². The molecule has 1 aromatic carbocycles. The van der Waals surface area contributed by atoms with Crippen LogP contribution < -0.4 is 9.80 Å². The fourth-order valence-electron chi connectivity index (χ4n) is 2.62. The highest BCUT2D eigenvalue weighted by molar-refractivity contribution is 14.1. The summed E-state index contributed by atoms with van der Waals surface area (Å²) in [6.07, 6.45) is -0.441. The van der Waals surface area contributed by atoms with Gasteiger partial charge in [0.2, 0.25) is 0 Å². The maximum atomic E-state index is 12.3. The molecule has 1 heterocycles. The minimum atomic E-state index is -0.566. The van der Waals surface area contributed by atoms with Crippen LogP contribution in [-0.4, -0.2) is 64.2 Å². The standard InChI is InChI=1S/C19H27IN2O5/c1-19(2,3)27-18(24)21(4)16-6-5-14(13-15(16)20)17(23)26-12-9-22-7-10-25-11-8-22/h5-6,13H,7-12H2,1-4H3/p+1. The van der Waals surface area contributed by atoms with Gasteiger partial charge in [-0.2, -0.15) is 0 Å². The predicted octanol–water partition coefficient (Wildman–Crippen LogP) is 1.73. The van der Waals surface area contributed by atoms with Crippen LogP contribution in [0, 0.1) is 3.57 Å². The number of rotatable bonds is 5. The van der Waals surface area contributed by atoms with Gasteiger partial charge in [-0.1, -0.05) is 0 Å². The number of nitrogens with one attached hydrogen (secondary N) is 1. The van der Waals surface area contributed by atoms with E-state index < -0.39 is 11.7 Å². The molecule has 1 aliphatic heterocycles. The normalized spacial score (nSPS) is 15.3. The number of carbonyl (C=O) groups excluding carboxylic acids is 2. The van der Waals surface area contributed by atoms with Crippen LogP contribution in [0.1, 0.15) is 31.1 Å². The number of esters is 1. The van der Waals surface area contributed by atoms with Crippen LogP contribution in [0.15, 0.2) is 18.2 Å². The van der Waals surface area contributed by atoms with E-state index in [1.165, 1.54) is 9.80 Å². The van der Waals surface area contributed by atoms with Crippen LogP contribution in [0.5, 0.6) is 0 Å². The van der Waals surface area contributed by atoms with E-state index in [0.717, 1.165) is 36.4 Å². The minimum absolute atomic E-state index is 0.355. The van der Waals surface area contributed by atoms with Gasteiger partial charge < -0.3 is 19.1 Å². The van der Waals surface area contributed by atoms with Crippen molar-refractivity contribution < 1.29 is 28.7 Å². The van der Waals surface area contributed by atoms with Crippen LogP contribution in [0.2, 0.25) is 0 Å². The van der Waals surface area contributed by atoms with E-state index in [1.807, 2.05) is 20.8 Å². The summed E-state index contributed by atoms with van der Waals surface area (Å²) >= 11 is 2.10. The lowest BCUT2D eigenvalue weighted by atomic mass is 10.2. The summed E-state index contributed by atoms with van der Waals surface area (Å²) in [5.74, 6) is -0.355. The zero-order chi connectivity index (χ0) is 20.0. The summed E-state index contributed by atoms with van der Waals surface area (Å²) in [6, 6.07) is 5.12. The highest BCUT2D eigenvalue weighted by atomic mass is 127. The summed E-state index contributed by atoms with van der Waals surface area (Å²) < 4.78 is 16.9. The molecule has 2 rings (SSSR count). The number of carbonyl (C=O) groups is 2. The second kappa shape index (κ2) is 9.70. The van der Waals surface area contributed by atoms with E-state index in [2.05, 4.69) is 22.6 Å². The van der Waals surface area contributed by atoms with Gasteiger partial charge in [-0.3, -0.25) is 4.90 Å². The van der Waals surface area contributed by atoms with E-state index in [9.17, 15) is 9.59 Å². The second-order valence-electron chi connectivity index (χ2n) is 7.45. The van der Waals surface area contributed by atoms with Crippen molar-refractivity contribution in [2.75, 3.05) is 51.4 Å². The van der Waals surface area contributed by atoms with Gasteiger partial charge in [0, 0.05) is 10.6 Å². The molecule has 0 unspecified atom stereocenters. The van der Waals surface area contributed by atoms with Gasteiger partial charge in [0.05, 0.1) is 24.5 Å². The third-order valence-corrected chi connectivity index (χ3v) is 4.96. The van der Waals surface area contributed by atoms with E-state index in [-0.39, 0.29) is 5.97 Å². The molecule has 0 aromatic heterocycles. The SMILES string of the molecule is CN(C(=O)OC(C)(C)C)c1ccc(C(=O)OCC[NH+]2CCOCC2)cc1I. The largest absolute Gasteiger partial charge is 0.456 e. The molecule has 1 aliphatic rings. The number of halogens is 1. The first-order valence-electron chi connectivity index (χ1n) is 9.02. The zero-order valence-corrected chi connectivity index (χ0v) is 18.5. The molecule has 1 aromatic rings. The molecule has 27 heavy (non-hydrogen) atoms. The summed E-state index contributed by atoms with van der Waals surface area (Å²) in [6.45, 7) is 10.0. The van der Waals surface area contributed by atoms with Gasteiger partial charge in [0.25, 0.3) is 0 Å². The van der Waals surface area contributed by atoms with Crippen LogP contribution in [-0.2, 0) is 14.2 Å². The molecule has 7 nitrogen and oxygen atoms in total. The molecule has 1 N–H and O–H groups in total. The maximum Gasteiger partial charge on any atom is 0.414 e. The molecule has 150 valence electrons. The Morgan fingerprint density at radius 2 is 1.93 bits per heavy atom. The Kier molecular flexibility index (Phi) is 7.87. The first kappa shape index (κ1) is 21.9. The number of benzene rings is 1. The number of hydrogen-bond donors (Lipinski definition) is 1. The average Bonchev–Trinajstić information content (AvgIpc) is 2.60. The Labute approximate surface area is 174 Å². The van der Waals surface area contributed by atoms with Crippen LogP contribution >= 0.6 is 22.6 Å². The number of ether oxygens (including phenoxy) is 3. The summed E-state index contributed by atoms with van der Waals surface area (Å²) in [5.41, 5.74) is 0.583. The Bertz CT molecular complexity index is 669. The summed E-state index contributed by atoms with van der Waals surface area (Å²) in [7, 11) is 1.65. The Hall–Kier alpha value is -1.39. The van der Waals surface area contributed by atoms with Crippen LogP contribution in [0.25, 0.3) is 0 Å². The molecule has 0 radical (unpaired) electrons. The van der Waals surface area contributed by atoms with Gasteiger partial charge >= 0.3 is 12.1 Å². The van der Waals surface area contributed by atoms with Crippen molar-refractivity contribution in [2.45, 2.75) is 26.4 Å². The number of quaternary nitrogens is 1. The van der Waals surface area contributed by atoms with Gasteiger partial charge in [-0.25, -0.2) is 9.59 Å². The summed E-state index contributed by atoms with van der Waals surface area (Å²) in [4.78, 5) is 27.3. The maximum absolute atomic E-state index is 12.3. The van der Waals surface area contributed by atoms with Crippen molar-refractivity contribution in [2.24, 2.45) is 0 Å². The van der Waals surface area contributed by atoms with Crippen LogP contribution in [0.4, 0.5) is 10.5 Å². The quantitative estimate of drug-likeness (QED) is 0.502. The third kappa shape index (κ3) is 6.93. The fraction of sp³-hybridized carbons (Fsp3) is 0.579.